The van der Waals surface area contributed by atoms with Crippen LogP contribution in [0, 0.1) is 0 Å². The Hall–Kier alpha value is -3.65. The highest BCUT2D eigenvalue weighted by atomic mass is 16.5. The van der Waals surface area contributed by atoms with E-state index in [9.17, 15) is 4.79 Å². The summed E-state index contributed by atoms with van der Waals surface area (Å²) in [6, 6.07) is 10.6. The van der Waals surface area contributed by atoms with Crippen LogP contribution in [0.1, 0.15) is 15.9 Å². The predicted octanol–water partition coefficient (Wildman–Crippen LogP) is 2.99. The number of pyridine rings is 2. The zero-order valence-electron chi connectivity index (χ0n) is 16.4. The summed E-state index contributed by atoms with van der Waals surface area (Å²) in [4.78, 5) is 21.4. The number of nitrogens with two attached hydrogens (primary N) is 1. The van der Waals surface area contributed by atoms with Crippen LogP contribution in [-0.4, -0.2) is 43.8 Å². The maximum atomic E-state index is 12.9. The summed E-state index contributed by atoms with van der Waals surface area (Å²) in [5.74, 6) is 1.69. The molecule has 0 saturated carbocycles. The van der Waals surface area contributed by atoms with Gasteiger partial charge in [-0.05, 0) is 35.9 Å². The molecule has 150 valence electrons. The highest BCUT2D eigenvalue weighted by Crippen LogP contribution is 2.33. The first-order valence-corrected chi connectivity index (χ1v) is 8.79. The van der Waals surface area contributed by atoms with Crippen LogP contribution in [0.25, 0.3) is 11.1 Å². The second-order valence-corrected chi connectivity index (χ2v) is 6.10. The minimum Gasteiger partial charge on any atom is -0.493 e. The van der Waals surface area contributed by atoms with E-state index in [0.717, 1.165) is 11.1 Å². The van der Waals surface area contributed by atoms with Gasteiger partial charge in [-0.3, -0.25) is 4.79 Å². The van der Waals surface area contributed by atoms with E-state index in [4.69, 9.17) is 19.9 Å². The van der Waals surface area contributed by atoms with Gasteiger partial charge in [0, 0.05) is 30.6 Å². The van der Waals surface area contributed by atoms with Gasteiger partial charge >= 0.3 is 0 Å². The Kier molecular flexibility index (Phi) is 6.25. The van der Waals surface area contributed by atoms with E-state index >= 15 is 0 Å². The monoisotopic (exact) mass is 394 g/mol. The smallest absolute Gasteiger partial charge is 0.198 e. The third-order valence-corrected chi connectivity index (χ3v) is 4.30. The van der Waals surface area contributed by atoms with Crippen LogP contribution in [0.3, 0.4) is 0 Å². The Morgan fingerprint density at radius 1 is 0.966 bits per heavy atom. The molecule has 8 nitrogen and oxygen atoms in total. The van der Waals surface area contributed by atoms with E-state index in [2.05, 4.69) is 15.3 Å². The fourth-order valence-electron chi connectivity index (χ4n) is 2.77. The number of nitrogens with zero attached hydrogens (tertiary/aromatic N) is 2. The number of nitrogens with one attached hydrogen (secondary N) is 1. The van der Waals surface area contributed by atoms with Gasteiger partial charge in [-0.2, -0.15) is 0 Å². The zero-order valence-corrected chi connectivity index (χ0v) is 16.4. The fraction of sp³-hybridized carbons (Fsp3) is 0.190. The number of anilines is 2. The van der Waals surface area contributed by atoms with Crippen molar-refractivity contribution in [2.45, 2.75) is 0 Å². The van der Waals surface area contributed by atoms with Crippen molar-refractivity contribution < 1.29 is 19.0 Å². The molecule has 8 heteroatoms. The molecule has 0 aliphatic rings. The number of nitrogen functional groups attached to an aromatic ring is 1. The van der Waals surface area contributed by atoms with Crippen LogP contribution in [0.4, 0.5) is 11.6 Å². The molecule has 0 fully saturated rings. The summed E-state index contributed by atoms with van der Waals surface area (Å²) in [5, 5.41) is 2.96. The maximum Gasteiger partial charge on any atom is 0.198 e. The lowest BCUT2D eigenvalue weighted by Crippen LogP contribution is -2.09. The first kappa shape index (κ1) is 20.1. The minimum atomic E-state index is -0.261. The normalized spacial score (nSPS) is 10.4. The van der Waals surface area contributed by atoms with E-state index in [0.29, 0.717) is 35.2 Å². The molecule has 0 unspecified atom stereocenters. The number of ketones is 1. The summed E-state index contributed by atoms with van der Waals surface area (Å²) >= 11 is 0. The number of hydrogen-bond acceptors (Lipinski definition) is 8. The van der Waals surface area contributed by atoms with Gasteiger partial charge in [-0.1, -0.05) is 6.07 Å². The van der Waals surface area contributed by atoms with E-state index in [1.165, 1.54) is 6.20 Å². The Balaban J connectivity index is 1.92. The van der Waals surface area contributed by atoms with Gasteiger partial charge in [0.05, 0.1) is 19.8 Å². The van der Waals surface area contributed by atoms with Crippen LogP contribution in [-0.2, 0) is 4.74 Å². The number of benzene rings is 1. The van der Waals surface area contributed by atoms with Crippen LogP contribution in [0.15, 0.2) is 48.8 Å². The van der Waals surface area contributed by atoms with E-state index in [1.807, 2.05) is 12.1 Å². The summed E-state index contributed by atoms with van der Waals surface area (Å²) in [6.45, 7) is 0.324. The molecule has 0 radical (unpaired) electrons. The molecule has 0 spiro atoms. The molecule has 3 N–H and O–H groups in total. The highest BCUT2D eigenvalue weighted by molar-refractivity contribution is 6.12. The number of methoxy groups -OCH3 is 3. The van der Waals surface area contributed by atoms with E-state index < -0.39 is 0 Å². The lowest BCUT2D eigenvalue weighted by molar-refractivity contribution is 0.103. The average Bonchev–Trinajstić information content (AvgIpc) is 2.77. The van der Waals surface area contributed by atoms with E-state index in [-0.39, 0.29) is 11.6 Å². The molecular weight excluding hydrogens is 372 g/mol. The summed E-state index contributed by atoms with van der Waals surface area (Å²) < 4.78 is 15.5. The van der Waals surface area contributed by atoms with Crippen molar-refractivity contribution >= 4 is 17.4 Å². The number of carbonyl (C=O) groups is 1. The second kappa shape index (κ2) is 9.03. The molecule has 0 aliphatic carbocycles. The third kappa shape index (κ3) is 4.44. The molecular formula is C21H22N4O4. The third-order valence-electron chi connectivity index (χ3n) is 4.30. The van der Waals surface area contributed by atoms with Crippen molar-refractivity contribution in [1.29, 1.82) is 0 Å². The number of aromatic nitrogens is 2. The fourth-order valence-corrected chi connectivity index (χ4v) is 2.77. The molecule has 29 heavy (non-hydrogen) atoms. The number of carbonyl (C=O) groups excluding carboxylic acids is 1. The summed E-state index contributed by atoms with van der Waals surface area (Å²) in [7, 11) is 4.71. The predicted molar refractivity (Wildman–Crippen MR) is 110 cm³/mol. The molecule has 0 amide bonds. The first-order chi connectivity index (χ1) is 14.1. The number of rotatable bonds is 8. The van der Waals surface area contributed by atoms with Crippen LogP contribution in [0.2, 0.25) is 0 Å². The Bertz CT molecular complexity index is 1010. The van der Waals surface area contributed by atoms with Crippen molar-refractivity contribution in [2.24, 2.45) is 0 Å². The van der Waals surface area contributed by atoms with Gasteiger partial charge in [0.15, 0.2) is 17.3 Å². The minimum absolute atomic E-state index is 0.154. The molecule has 2 aromatic heterocycles. The second-order valence-electron chi connectivity index (χ2n) is 6.10. The largest absolute Gasteiger partial charge is 0.493 e. The van der Waals surface area contributed by atoms with Crippen molar-refractivity contribution in [2.75, 3.05) is 39.1 Å². The highest BCUT2D eigenvalue weighted by Gasteiger charge is 2.16. The molecule has 0 aliphatic heterocycles. The quantitative estimate of drug-likeness (QED) is 0.443. The Morgan fingerprint density at radius 3 is 2.41 bits per heavy atom. The average molecular weight is 394 g/mol. The molecule has 1 aromatic carbocycles. The number of hydrogen-bond donors (Lipinski definition) is 2. The van der Waals surface area contributed by atoms with Crippen molar-refractivity contribution in [3.63, 3.8) is 0 Å². The Labute approximate surface area is 168 Å². The van der Waals surface area contributed by atoms with Gasteiger partial charge in [-0.25, -0.2) is 9.97 Å². The van der Waals surface area contributed by atoms with Gasteiger partial charge in [-0.15, -0.1) is 0 Å². The number of ether oxygens (including phenoxy) is 3. The first-order valence-electron chi connectivity index (χ1n) is 8.79. The molecule has 3 aromatic rings. The summed E-state index contributed by atoms with van der Waals surface area (Å²) in [5.41, 5.74) is 8.24. The summed E-state index contributed by atoms with van der Waals surface area (Å²) in [6.07, 6.45) is 3.10. The maximum absolute atomic E-state index is 12.9. The SMILES string of the molecule is COCNc1ccc(C(=O)c2cc(-c3ccc(OC)c(OC)c3)cnc2N)cn1. The molecule has 0 saturated heterocycles. The lowest BCUT2D eigenvalue weighted by atomic mass is 10.0. The van der Waals surface area contributed by atoms with Crippen LogP contribution >= 0.6 is 0 Å². The lowest BCUT2D eigenvalue weighted by Gasteiger charge is -2.11. The van der Waals surface area contributed by atoms with Crippen LogP contribution < -0.4 is 20.5 Å². The molecule has 0 atom stereocenters. The Morgan fingerprint density at radius 2 is 1.76 bits per heavy atom. The molecule has 2 heterocycles. The van der Waals surface area contributed by atoms with Crippen molar-refractivity contribution in [3.8, 4) is 22.6 Å². The van der Waals surface area contributed by atoms with Crippen LogP contribution in [0.5, 0.6) is 11.5 Å². The van der Waals surface area contributed by atoms with Gasteiger partial charge < -0.3 is 25.3 Å². The molecule has 3 rings (SSSR count). The molecule has 0 bridgehead atoms. The van der Waals surface area contributed by atoms with Gasteiger partial charge in [0.25, 0.3) is 0 Å². The van der Waals surface area contributed by atoms with Crippen molar-refractivity contribution in [1.82, 2.24) is 9.97 Å². The topological polar surface area (TPSA) is 109 Å². The standard InChI is InChI=1S/C21H22N4O4/c1-27-12-25-19-7-5-14(10-23-19)20(26)16-8-15(11-24-21(16)22)13-4-6-17(28-2)18(9-13)29-3/h4-11H,12H2,1-3H3,(H2,22,24)(H,23,25). The van der Waals surface area contributed by atoms with Crippen molar-refractivity contribution in [3.05, 3.63) is 59.9 Å². The van der Waals surface area contributed by atoms with E-state index in [1.54, 1.807) is 51.8 Å². The van der Waals surface area contributed by atoms with Gasteiger partial charge in [0.2, 0.25) is 0 Å². The zero-order chi connectivity index (χ0) is 20.8. The van der Waals surface area contributed by atoms with Gasteiger partial charge in [0.1, 0.15) is 18.4 Å².